The monoisotopic (exact) mass is 355 g/mol. The zero-order valence-corrected chi connectivity index (χ0v) is 15.6. The maximum Gasteiger partial charge on any atom is 0.279 e. The van der Waals surface area contributed by atoms with Gasteiger partial charge in [0.2, 0.25) is 0 Å². The summed E-state index contributed by atoms with van der Waals surface area (Å²) < 4.78 is 0. The van der Waals surface area contributed by atoms with Crippen molar-refractivity contribution in [3.05, 3.63) is 54.6 Å². The first kappa shape index (κ1) is 18.0. The van der Waals surface area contributed by atoms with Crippen LogP contribution >= 0.6 is 11.8 Å². The van der Waals surface area contributed by atoms with Crippen LogP contribution in [-0.2, 0) is 4.79 Å². The van der Waals surface area contributed by atoms with Crippen LogP contribution in [0.1, 0.15) is 32.1 Å². The molecule has 0 radical (unpaired) electrons. The third-order valence-corrected chi connectivity index (χ3v) is 5.96. The van der Waals surface area contributed by atoms with Gasteiger partial charge in [0.25, 0.3) is 5.91 Å². The van der Waals surface area contributed by atoms with Crippen LogP contribution in [0.5, 0.6) is 0 Å². The van der Waals surface area contributed by atoms with E-state index in [2.05, 4.69) is 30.6 Å². The first-order valence-electron chi connectivity index (χ1n) is 9.16. The van der Waals surface area contributed by atoms with Gasteiger partial charge in [-0.25, -0.2) is 0 Å². The van der Waals surface area contributed by atoms with Gasteiger partial charge in [-0.3, -0.25) is 4.79 Å². The van der Waals surface area contributed by atoms with Gasteiger partial charge >= 0.3 is 0 Å². The van der Waals surface area contributed by atoms with Crippen LogP contribution in [0.15, 0.2) is 64.4 Å². The van der Waals surface area contributed by atoms with Gasteiger partial charge in [0, 0.05) is 9.79 Å². The number of carbonyl (C=O) groups is 1. The van der Waals surface area contributed by atoms with Crippen molar-refractivity contribution in [3.8, 4) is 0 Å². The molecule has 1 aliphatic rings. The van der Waals surface area contributed by atoms with Crippen molar-refractivity contribution in [1.82, 2.24) is 0 Å². The first-order chi connectivity index (χ1) is 12.2. The number of carbonyl (C=O) groups excluding carboxylic acids is 1. The van der Waals surface area contributed by atoms with E-state index in [1.165, 1.54) is 41.9 Å². The van der Waals surface area contributed by atoms with Gasteiger partial charge in [-0.15, -0.1) is 0 Å². The molecule has 1 fully saturated rings. The van der Waals surface area contributed by atoms with E-state index in [1.54, 1.807) is 11.8 Å². The summed E-state index contributed by atoms with van der Waals surface area (Å²) in [4.78, 5) is 16.1. The smallest absolute Gasteiger partial charge is 0.279 e. The molecule has 1 unspecified atom stereocenters. The molecule has 1 atom stereocenters. The molecule has 2 aromatic rings. The molecule has 4 heteroatoms. The Morgan fingerprint density at radius 2 is 1.72 bits per heavy atom. The number of anilines is 1. The maximum absolute atomic E-state index is 12.5. The van der Waals surface area contributed by atoms with Gasteiger partial charge < -0.3 is 10.2 Å². The van der Waals surface area contributed by atoms with Crippen molar-refractivity contribution < 1.29 is 9.69 Å². The lowest BCUT2D eigenvalue weighted by Crippen LogP contribution is -3.14. The predicted molar refractivity (Wildman–Crippen MR) is 104 cm³/mol. The van der Waals surface area contributed by atoms with Gasteiger partial charge in [-0.2, -0.15) is 0 Å². The van der Waals surface area contributed by atoms with E-state index in [9.17, 15) is 4.79 Å². The number of nitrogens with one attached hydrogen (secondary N) is 2. The Hall–Kier alpha value is -1.78. The molecule has 0 aliphatic heterocycles. The van der Waals surface area contributed by atoms with E-state index in [1.807, 2.05) is 36.4 Å². The Bertz CT molecular complexity index is 683. The first-order valence-corrected chi connectivity index (χ1v) is 9.98. The van der Waals surface area contributed by atoms with Crippen molar-refractivity contribution in [3.63, 3.8) is 0 Å². The molecule has 2 N–H and O–H groups in total. The zero-order valence-electron chi connectivity index (χ0n) is 14.8. The van der Waals surface area contributed by atoms with Crippen LogP contribution < -0.4 is 10.2 Å². The van der Waals surface area contributed by atoms with Gasteiger partial charge in [0.15, 0.2) is 6.54 Å². The summed E-state index contributed by atoms with van der Waals surface area (Å²) in [5, 5.41) is 3.12. The summed E-state index contributed by atoms with van der Waals surface area (Å²) in [6, 6.07) is 18.9. The summed E-state index contributed by atoms with van der Waals surface area (Å²) in [6.45, 7) is 0.537. The molecule has 132 valence electrons. The van der Waals surface area contributed by atoms with E-state index >= 15 is 0 Å². The van der Waals surface area contributed by atoms with Crippen LogP contribution in [0, 0.1) is 0 Å². The quantitative estimate of drug-likeness (QED) is 0.830. The third-order valence-electron chi connectivity index (χ3n) is 4.87. The third kappa shape index (κ3) is 5.35. The lowest BCUT2D eigenvalue weighted by Gasteiger charge is -2.27. The van der Waals surface area contributed by atoms with Crippen molar-refractivity contribution in [1.29, 1.82) is 0 Å². The number of likely N-dealkylation sites (N-methyl/N-ethyl adjacent to an activating group) is 1. The van der Waals surface area contributed by atoms with E-state index in [-0.39, 0.29) is 5.91 Å². The largest absolute Gasteiger partial charge is 0.327 e. The minimum Gasteiger partial charge on any atom is -0.327 e. The van der Waals surface area contributed by atoms with E-state index in [0.29, 0.717) is 12.6 Å². The van der Waals surface area contributed by atoms with Crippen LogP contribution in [0.4, 0.5) is 5.69 Å². The van der Waals surface area contributed by atoms with Gasteiger partial charge in [-0.1, -0.05) is 48.5 Å². The van der Waals surface area contributed by atoms with Gasteiger partial charge in [0.05, 0.1) is 18.8 Å². The average Bonchev–Trinajstić information content (AvgIpc) is 2.65. The SMILES string of the molecule is C[NH+](CC(=O)Nc1ccccc1Sc1ccccc1)C1CCCCC1. The summed E-state index contributed by atoms with van der Waals surface area (Å²) in [5.74, 6) is 0.101. The molecule has 3 rings (SSSR count). The summed E-state index contributed by atoms with van der Waals surface area (Å²) >= 11 is 1.68. The van der Waals surface area contributed by atoms with Crippen molar-refractivity contribution >= 4 is 23.4 Å². The normalized spacial score (nSPS) is 16.4. The lowest BCUT2D eigenvalue weighted by atomic mass is 9.94. The Kier molecular flexibility index (Phi) is 6.54. The second kappa shape index (κ2) is 9.07. The highest BCUT2D eigenvalue weighted by molar-refractivity contribution is 7.99. The van der Waals surface area contributed by atoms with Crippen molar-refractivity contribution in [2.75, 3.05) is 18.9 Å². The number of hydrogen-bond donors (Lipinski definition) is 2. The summed E-state index contributed by atoms with van der Waals surface area (Å²) in [7, 11) is 2.15. The minimum absolute atomic E-state index is 0.101. The Balaban J connectivity index is 1.61. The molecule has 3 nitrogen and oxygen atoms in total. The highest BCUT2D eigenvalue weighted by Gasteiger charge is 2.23. The number of para-hydroxylation sites is 1. The summed E-state index contributed by atoms with van der Waals surface area (Å²) in [5.41, 5.74) is 0.901. The molecule has 1 amide bonds. The number of quaternary nitrogens is 1. The summed E-state index contributed by atoms with van der Waals surface area (Å²) in [6.07, 6.45) is 6.46. The molecule has 25 heavy (non-hydrogen) atoms. The van der Waals surface area contributed by atoms with Crippen LogP contribution in [-0.4, -0.2) is 25.5 Å². The molecule has 1 aliphatic carbocycles. The Morgan fingerprint density at radius 3 is 2.48 bits per heavy atom. The van der Waals surface area contributed by atoms with Crippen LogP contribution in [0.3, 0.4) is 0 Å². The second-order valence-electron chi connectivity index (χ2n) is 6.82. The minimum atomic E-state index is 0.101. The fourth-order valence-electron chi connectivity index (χ4n) is 3.46. The number of benzene rings is 2. The number of hydrogen-bond acceptors (Lipinski definition) is 2. The predicted octanol–water partition coefficient (Wildman–Crippen LogP) is 3.62. The molecule has 2 aromatic carbocycles. The molecular weight excluding hydrogens is 328 g/mol. The van der Waals surface area contributed by atoms with Crippen LogP contribution in [0.25, 0.3) is 0 Å². The van der Waals surface area contributed by atoms with E-state index in [0.717, 1.165) is 10.6 Å². The molecule has 0 bridgehead atoms. The Labute approximate surface area is 154 Å². The van der Waals surface area contributed by atoms with E-state index in [4.69, 9.17) is 0 Å². The highest BCUT2D eigenvalue weighted by atomic mass is 32.2. The topological polar surface area (TPSA) is 33.5 Å². The second-order valence-corrected chi connectivity index (χ2v) is 7.93. The fraction of sp³-hybridized carbons (Fsp3) is 0.381. The maximum atomic E-state index is 12.5. The van der Waals surface area contributed by atoms with Gasteiger partial charge in [-0.05, 0) is 49.9 Å². The number of rotatable bonds is 6. The molecule has 0 aromatic heterocycles. The Morgan fingerprint density at radius 1 is 1.04 bits per heavy atom. The molecule has 1 saturated carbocycles. The molecular formula is C21H27N2OS+. The average molecular weight is 356 g/mol. The van der Waals surface area contributed by atoms with Gasteiger partial charge in [0.1, 0.15) is 0 Å². The standard InChI is InChI=1S/C21H26N2OS/c1-23(17-10-4-2-5-11-17)16-21(24)22-19-14-8-9-15-20(19)25-18-12-6-3-7-13-18/h3,6-9,12-15,17H,2,4-5,10-11,16H2,1H3,(H,22,24)/p+1. The zero-order chi connectivity index (χ0) is 17.5. The molecule has 0 heterocycles. The number of amides is 1. The highest BCUT2D eigenvalue weighted by Crippen LogP contribution is 2.33. The van der Waals surface area contributed by atoms with Crippen LogP contribution in [0.2, 0.25) is 0 Å². The van der Waals surface area contributed by atoms with E-state index < -0.39 is 0 Å². The lowest BCUT2D eigenvalue weighted by molar-refractivity contribution is -0.899. The van der Waals surface area contributed by atoms with Crippen molar-refractivity contribution in [2.45, 2.75) is 47.9 Å². The molecule has 0 saturated heterocycles. The van der Waals surface area contributed by atoms with Crippen molar-refractivity contribution in [2.24, 2.45) is 0 Å². The fourth-order valence-corrected chi connectivity index (χ4v) is 4.38. The molecule has 0 spiro atoms.